The predicted molar refractivity (Wildman–Crippen MR) is 83.6 cm³/mol. The van der Waals surface area contributed by atoms with Crippen LogP contribution in [0.4, 0.5) is 18.9 Å². The first kappa shape index (κ1) is 17.3. The minimum atomic E-state index is -4.72. The molecule has 4 N–H and O–H groups in total. The standard InChI is InChI=1S/C16H12F3N5O2/c1-7(25)22-9-4-2-8(3-5-9)11-10(6-20)14(21)26-15-12(11)13(23-24-15)16(17,18)19/h2-5,11H,21H2,1H3,(H,22,25)(H,23,24)/t11-/m1/s1. The Morgan fingerprint density at radius 2 is 2.04 bits per heavy atom. The number of ether oxygens (including phenoxy) is 1. The number of nitrogens with zero attached hydrogens (tertiary/aromatic N) is 2. The average Bonchev–Trinajstić information content (AvgIpc) is 2.97. The van der Waals surface area contributed by atoms with Crippen molar-refractivity contribution < 1.29 is 22.7 Å². The number of nitrogens with one attached hydrogen (secondary N) is 2. The molecule has 1 aromatic heterocycles. The molecular weight excluding hydrogens is 351 g/mol. The molecule has 0 radical (unpaired) electrons. The van der Waals surface area contributed by atoms with E-state index in [-0.39, 0.29) is 28.8 Å². The summed E-state index contributed by atoms with van der Waals surface area (Å²) >= 11 is 0. The van der Waals surface area contributed by atoms with Crippen LogP contribution in [-0.2, 0) is 11.0 Å². The van der Waals surface area contributed by atoms with E-state index in [2.05, 4.69) is 10.4 Å². The van der Waals surface area contributed by atoms with Crippen molar-refractivity contribution >= 4 is 11.6 Å². The van der Waals surface area contributed by atoms with Gasteiger partial charge < -0.3 is 15.8 Å². The largest absolute Gasteiger partial charge is 0.433 e. The molecule has 1 atom stereocenters. The van der Waals surface area contributed by atoms with E-state index in [1.807, 2.05) is 11.2 Å². The molecule has 3 rings (SSSR count). The molecule has 134 valence electrons. The molecule has 2 heterocycles. The summed E-state index contributed by atoms with van der Waals surface area (Å²) in [6.07, 6.45) is -4.72. The van der Waals surface area contributed by atoms with Crippen LogP contribution in [0.3, 0.4) is 0 Å². The second-order valence-electron chi connectivity index (χ2n) is 5.54. The van der Waals surface area contributed by atoms with Gasteiger partial charge in [0.2, 0.25) is 17.7 Å². The molecule has 2 aromatic rings. The van der Waals surface area contributed by atoms with Gasteiger partial charge in [0.1, 0.15) is 17.3 Å². The second-order valence-corrected chi connectivity index (χ2v) is 5.54. The van der Waals surface area contributed by atoms with Crippen LogP contribution in [0, 0.1) is 11.3 Å². The van der Waals surface area contributed by atoms with Gasteiger partial charge in [0.25, 0.3) is 0 Å². The fraction of sp³-hybridized carbons (Fsp3) is 0.188. The minimum Gasteiger partial charge on any atom is -0.420 e. The predicted octanol–water partition coefficient (Wildman–Crippen LogP) is 2.61. The monoisotopic (exact) mass is 363 g/mol. The molecule has 7 nitrogen and oxygen atoms in total. The number of hydrogen-bond acceptors (Lipinski definition) is 5. The van der Waals surface area contributed by atoms with Crippen LogP contribution in [0.2, 0.25) is 0 Å². The van der Waals surface area contributed by atoms with Crippen molar-refractivity contribution in [2.45, 2.75) is 19.0 Å². The second kappa shape index (κ2) is 6.11. The number of carbonyl (C=O) groups excluding carboxylic acids is 1. The number of allylic oxidation sites excluding steroid dienone is 1. The number of nitrogens with two attached hydrogens (primary N) is 1. The number of halogens is 3. The molecule has 0 aliphatic carbocycles. The summed E-state index contributed by atoms with van der Waals surface area (Å²) in [6.45, 7) is 1.33. The first-order valence-electron chi connectivity index (χ1n) is 7.33. The first-order valence-corrected chi connectivity index (χ1v) is 7.33. The number of nitriles is 1. The molecule has 0 spiro atoms. The minimum absolute atomic E-state index is 0.156. The molecule has 10 heteroatoms. The van der Waals surface area contributed by atoms with Crippen LogP contribution >= 0.6 is 0 Å². The van der Waals surface area contributed by atoms with Gasteiger partial charge in [-0.25, -0.2) is 0 Å². The van der Waals surface area contributed by atoms with E-state index in [9.17, 15) is 23.2 Å². The van der Waals surface area contributed by atoms with E-state index in [4.69, 9.17) is 10.5 Å². The highest BCUT2D eigenvalue weighted by Crippen LogP contribution is 2.46. The summed E-state index contributed by atoms with van der Waals surface area (Å²) in [6, 6.07) is 7.85. The van der Waals surface area contributed by atoms with Crippen LogP contribution in [0.15, 0.2) is 35.7 Å². The number of H-pyrrole nitrogens is 1. The van der Waals surface area contributed by atoms with E-state index < -0.39 is 17.8 Å². The van der Waals surface area contributed by atoms with E-state index in [1.165, 1.54) is 31.2 Å². The molecule has 0 bridgehead atoms. The Morgan fingerprint density at radius 1 is 1.38 bits per heavy atom. The van der Waals surface area contributed by atoms with Gasteiger partial charge in [0, 0.05) is 12.6 Å². The summed E-state index contributed by atoms with van der Waals surface area (Å²) in [4.78, 5) is 11.1. The van der Waals surface area contributed by atoms with Crippen molar-refractivity contribution in [1.29, 1.82) is 5.26 Å². The number of aromatic nitrogens is 2. The summed E-state index contributed by atoms with van der Waals surface area (Å²) < 4.78 is 45.1. The maximum absolute atomic E-state index is 13.3. The molecule has 26 heavy (non-hydrogen) atoms. The van der Waals surface area contributed by atoms with Gasteiger partial charge in [-0.15, -0.1) is 5.10 Å². The van der Waals surface area contributed by atoms with Gasteiger partial charge >= 0.3 is 6.18 Å². The fourth-order valence-electron chi connectivity index (χ4n) is 2.76. The summed E-state index contributed by atoms with van der Waals surface area (Å²) in [7, 11) is 0. The molecule has 0 fully saturated rings. The Labute approximate surface area is 145 Å². The third-order valence-corrected chi connectivity index (χ3v) is 3.79. The smallest absolute Gasteiger partial charge is 0.420 e. The van der Waals surface area contributed by atoms with Gasteiger partial charge in [0.15, 0.2) is 0 Å². The Kier molecular flexibility index (Phi) is 4.07. The average molecular weight is 363 g/mol. The zero-order chi connectivity index (χ0) is 19.1. The zero-order valence-corrected chi connectivity index (χ0v) is 13.3. The third-order valence-electron chi connectivity index (χ3n) is 3.79. The maximum atomic E-state index is 13.3. The molecule has 1 aromatic carbocycles. The number of benzene rings is 1. The fourth-order valence-corrected chi connectivity index (χ4v) is 2.76. The summed E-state index contributed by atoms with van der Waals surface area (Å²) in [5, 5.41) is 17.4. The van der Waals surface area contributed by atoms with Gasteiger partial charge in [-0.2, -0.15) is 18.4 Å². The Balaban J connectivity index is 2.14. The van der Waals surface area contributed by atoms with Crippen LogP contribution in [-0.4, -0.2) is 16.1 Å². The molecule has 0 unspecified atom stereocenters. The lowest BCUT2D eigenvalue weighted by Gasteiger charge is -2.24. The van der Waals surface area contributed by atoms with E-state index in [0.29, 0.717) is 11.3 Å². The van der Waals surface area contributed by atoms with E-state index in [0.717, 1.165) is 0 Å². The molecule has 0 saturated carbocycles. The van der Waals surface area contributed by atoms with Gasteiger partial charge in [-0.1, -0.05) is 12.1 Å². The molecule has 0 saturated heterocycles. The number of aromatic amines is 1. The quantitative estimate of drug-likeness (QED) is 0.758. The van der Waals surface area contributed by atoms with Crippen molar-refractivity contribution in [2.75, 3.05) is 5.32 Å². The first-order chi connectivity index (χ1) is 12.2. The highest BCUT2D eigenvalue weighted by molar-refractivity contribution is 5.88. The van der Waals surface area contributed by atoms with Crippen LogP contribution < -0.4 is 15.8 Å². The lowest BCUT2D eigenvalue weighted by atomic mass is 9.84. The molecule has 1 aliphatic heterocycles. The SMILES string of the molecule is CC(=O)Nc1ccc([C@@H]2C(C#N)=C(N)Oc3n[nH]c(C(F)(F)F)c32)cc1. The Hall–Kier alpha value is -3.48. The highest BCUT2D eigenvalue weighted by atomic mass is 19.4. The van der Waals surface area contributed by atoms with Crippen molar-refractivity contribution in [1.82, 2.24) is 10.2 Å². The topological polar surface area (TPSA) is 117 Å². The van der Waals surface area contributed by atoms with Crippen molar-refractivity contribution in [3.63, 3.8) is 0 Å². The third kappa shape index (κ3) is 2.95. The lowest BCUT2D eigenvalue weighted by molar-refractivity contribution is -0.141. The van der Waals surface area contributed by atoms with Crippen molar-refractivity contribution in [2.24, 2.45) is 5.73 Å². The zero-order valence-electron chi connectivity index (χ0n) is 13.3. The van der Waals surface area contributed by atoms with Crippen LogP contribution in [0.1, 0.15) is 29.7 Å². The number of amides is 1. The number of alkyl halides is 3. The maximum Gasteiger partial charge on any atom is 0.433 e. The van der Waals surface area contributed by atoms with Crippen molar-refractivity contribution in [3.05, 3.63) is 52.5 Å². The Bertz CT molecular complexity index is 938. The number of hydrogen-bond donors (Lipinski definition) is 3. The van der Waals surface area contributed by atoms with Crippen LogP contribution in [0.5, 0.6) is 5.88 Å². The van der Waals surface area contributed by atoms with E-state index >= 15 is 0 Å². The highest BCUT2D eigenvalue weighted by Gasteiger charge is 2.44. The normalized spacial score (nSPS) is 16.5. The van der Waals surface area contributed by atoms with Gasteiger partial charge in [0.05, 0.1) is 11.5 Å². The molecule has 1 amide bonds. The van der Waals surface area contributed by atoms with E-state index in [1.54, 1.807) is 0 Å². The number of fused-ring (bicyclic) bond motifs is 1. The van der Waals surface area contributed by atoms with Gasteiger partial charge in [-0.3, -0.25) is 9.89 Å². The van der Waals surface area contributed by atoms with Gasteiger partial charge in [-0.05, 0) is 17.7 Å². The summed E-state index contributed by atoms with van der Waals surface area (Å²) in [5.74, 6) is -2.03. The van der Waals surface area contributed by atoms with Crippen LogP contribution in [0.25, 0.3) is 0 Å². The number of carbonyl (C=O) groups is 1. The van der Waals surface area contributed by atoms with Crippen molar-refractivity contribution in [3.8, 4) is 11.9 Å². The summed E-state index contributed by atoms with van der Waals surface area (Å²) in [5.41, 5.74) is 4.95. The Morgan fingerprint density at radius 3 is 2.58 bits per heavy atom. The number of rotatable bonds is 2. The lowest BCUT2D eigenvalue weighted by Crippen LogP contribution is -2.22. The molecular formula is C16H12F3N5O2. The molecule has 1 aliphatic rings. The number of anilines is 1.